The van der Waals surface area contributed by atoms with Gasteiger partial charge in [0.15, 0.2) is 0 Å². The Hall–Kier alpha value is -1.67. The molecule has 5 unspecified atom stereocenters. The van der Waals surface area contributed by atoms with Crippen LogP contribution in [0.5, 0.6) is 0 Å². The molecule has 2 aliphatic rings. The molecule has 0 aromatic carbocycles. The predicted octanol–water partition coefficient (Wildman–Crippen LogP) is 3.93. The molecule has 0 radical (unpaired) electrons. The number of carbonyl (C=O) groups is 2. The van der Waals surface area contributed by atoms with Crippen molar-refractivity contribution < 1.29 is 23.1 Å². The molecule has 3 N–H and O–H groups in total. The summed E-state index contributed by atoms with van der Waals surface area (Å²) in [5, 5.41) is 16.1. The zero-order valence-corrected chi connectivity index (χ0v) is 27.6. The summed E-state index contributed by atoms with van der Waals surface area (Å²) in [6.45, 7) is 11.5. The summed E-state index contributed by atoms with van der Waals surface area (Å²) in [7, 11) is -3.55. The van der Waals surface area contributed by atoms with E-state index in [0.29, 0.717) is 51.2 Å². The maximum Gasteiger partial charge on any atom is 0.225 e. The van der Waals surface area contributed by atoms with Gasteiger partial charge in [0.2, 0.25) is 21.8 Å². The molecule has 2 rings (SSSR count). The fraction of sp³-hybridized carbons (Fsp3) is 0.875. The van der Waals surface area contributed by atoms with E-state index in [9.17, 15) is 23.1 Å². The first-order valence-corrected chi connectivity index (χ1v) is 18.1. The molecule has 42 heavy (non-hydrogen) atoms. The van der Waals surface area contributed by atoms with Crippen LogP contribution in [0.4, 0.5) is 0 Å². The van der Waals surface area contributed by atoms with Crippen LogP contribution in [0.25, 0.3) is 0 Å². The molecule has 0 spiro atoms. The summed E-state index contributed by atoms with van der Waals surface area (Å²) >= 11 is 0. The van der Waals surface area contributed by atoms with Gasteiger partial charge in [0.05, 0.1) is 17.9 Å². The highest BCUT2D eigenvalue weighted by Gasteiger charge is 2.38. The van der Waals surface area contributed by atoms with E-state index in [1.54, 1.807) is 0 Å². The Morgan fingerprint density at radius 1 is 1.00 bits per heavy atom. The van der Waals surface area contributed by atoms with Crippen molar-refractivity contribution in [3.63, 3.8) is 0 Å². The Morgan fingerprint density at radius 2 is 1.62 bits per heavy atom. The molecule has 0 bridgehead atoms. The van der Waals surface area contributed by atoms with Crippen LogP contribution in [-0.2, 0) is 19.6 Å². The van der Waals surface area contributed by atoms with E-state index >= 15 is 0 Å². The van der Waals surface area contributed by atoms with Gasteiger partial charge in [-0.25, -0.2) is 13.4 Å². The number of terminal acetylenes is 1. The summed E-state index contributed by atoms with van der Waals surface area (Å²) in [6, 6.07) is -0.527. The number of hydrogen-bond donors (Lipinski definition) is 3. The van der Waals surface area contributed by atoms with Gasteiger partial charge < -0.3 is 15.3 Å². The monoisotopic (exact) mass is 610 g/mol. The van der Waals surface area contributed by atoms with Gasteiger partial charge >= 0.3 is 0 Å². The first-order valence-electron chi connectivity index (χ1n) is 16.4. The van der Waals surface area contributed by atoms with Crippen molar-refractivity contribution in [3.05, 3.63) is 0 Å². The molecule has 10 heteroatoms. The van der Waals surface area contributed by atoms with Crippen molar-refractivity contribution in [2.24, 2.45) is 29.6 Å². The van der Waals surface area contributed by atoms with E-state index < -0.39 is 28.1 Å². The highest BCUT2D eigenvalue weighted by atomic mass is 32.2. The van der Waals surface area contributed by atoms with E-state index in [1.807, 2.05) is 25.7 Å². The van der Waals surface area contributed by atoms with Crippen molar-refractivity contribution >= 4 is 21.8 Å². The van der Waals surface area contributed by atoms with Gasteiger partial charge in [-0.2, -0.15) is 0 Å². The average molecular weight is 611 g/mol. The number of amides is 2. The van der Waals surface area contributed by atoms with Gasteiger partial charge in [-0.1, -0.05) is 66.7 Å². The number of nitrogens with one attached hydrogen (secondary N) is 2. The van der Waals surface area contributed by atoms with Crippen LogP contribution in [0.3, 0.4) is 0 Å². The lowest BCUT2D eigenvalue weighted by Gasteiger charge is -2.37. The van der Waals surface area contributed by atoms with Crippen molar-refractivity contribution in [2.75, 3.05) is 31.9 Å². The SMILES string of the molecule is C#CC1CC(C(=O)NC(CC2CCCCC2)C(O)CN(CC)NS(=O)(=O)CC(C)C)CC(C(=O)N(CCC)CCC)C1. The van der Waals surface area contributed by atoms with Gasteiger partial charge in [-0.15, -0.1) is 17.2 Å². The number of hydrazine groups is 1. The lowest BCUT2D eigenvalue weighted by Crippen LogP contribution is -2.54. The zero-order valence-electron chi connectivity index (χ0n) is 26.8. The first-order chi connectivity index (χ1) is 19.9. The largest absolute Gasteiger partial charge is 0.390 e. The summed E-state index contributed by atoms with van der Waals surface area (Å²) in [5.41, 5.74) is 0. The quantitative estimate of drug-likeness (QED) is 0.170. The van der Waals surface area contributed by atoms with E-state index in [1.165, 1.54) is 11.4 Å². The Kier molecular flexibility index (Phi) is 15.8. The number of aliphatic hydroxyl groups excluding tert-OH is 1. The molecule has 9 nitrogen and oxygen atoms in total. The molecule has 2 aliphatic carbocycles. The third-order valence-corrected chi connectivity index (χ3v) is 10.3. The van der Waals surface area contributed by atoms with Crippen molar-refractivity contribution in [1.29, 1.82) is 0 Å². The zero-order chi connectivity index (χ0) is 31.3. The third-order valence-electron chi connectivity index (χ3n) is 8.68. The number of sulfonamides is 1. The molecule has 0 aromatic heterocycles. The molecule has 5 atom stereocenters. The summed E-state index contributed by atoms with van der Waals surface area (Å²) in [4.78, 5) is 31.8. The number of hydrogen-bond acceptors (Lipinski definition) is 6. The maximum atomic E-state index is 13.8. The summed E-state index contributed by atoms with van der Waals surface area (Å²) < 4.78 is 25.2. The van der Waals surface area contributed by atoms with Gasteiger partial charge in [-0.3, -0.25) is 9.59 Å². The Morgan fingerprint density at radius 3 is 2.17 bits per heavy atom. The van der Waals surface area contributed by atoms with Crippen LogP contribution in [0.15, 0.2) is 0 Å². The van der Waals surface area contributed by atoms with E-state index in [2.05, 4.69) is 29.9 Å². The average Bonchev–Trinajstić information content (AvgIpc) is 2.95. The number of likely N-dealkylation sites (N-methyl/N-ethyl adjacent to an activating group) is 1. The van der Waals surface area contributed by atoms with Gasteiger partial charge in [0, 0.05) is 43.9 Å². The van der Waals surface area contributed by atoms with Crippen LogP contribution < -0.4 is 10.1 Å². The van der Waals surface area contributed by atoms with Gasteiger partial charge in [-0.05, 0) is 50.4 Å². The minimum absolute atomic E-state index is 0.00626. The topological polar surface area (TPSA) is 119 Å². The van der Waals surface area contributed by atoms with Crippen LogP contribution in [0.1, 0.15) is 105 Å². The molecule has 0 aromatic rings. The van der Waals surface area contributed by atoms with Gasteiger partial charge in [0.25, 0.3) is 0 Å². The molecule has 242 valence electrons. The van der Waals surface area contributed by atoms with Crippen LogP contribution in [0, 0.1) is 41.9 Å². The molecule has 2 amide bonds. The summed E-state index contributed by atoms with van der Waals surface area (Å²) in [5.74, 6) is 2.23. The Bertz CT molecular complexity index is 970. The van der Waals surface area contributed by atoms with Crippen LogP contribution >= 0.6 is 0 Å². The number of rotatable bonds is 17. The molecule has 0 saturated heterocycles. The number of carbonyl (C=O) groups excluding carboxylic acids is 2. The lowest BCUT2D eigenvalue weighted by atomic mass is 9.74. The Labute approximate surface area is 256 Å². The van der Waals surface area contributed by atoms with E-state index in [-0.39, 0.29) is 41.9 Å². The molecular weight excluding hydrogens is 552 g/mol. The fourth-order valence-corrected chi connectivity index (χ4v) is 8.20. The molecule has 0 heterocycles. The standard InChI is InChI=1S/C32H58N4O5S/c1-7-16-35(17-8-2)32(39)28-19-25(9-3)18-27(21-28)31(38)33-29(20-26-14-12-11-13-15-26)30(37)22-36(10-4)34-42(40,41)23-24(5)6/h3,24-30,34,37H,7-8,10-23H2,1-2,4-6H3,(H,33,38). The first kappa shape index (κ1) is 36.5. The lowest BCUT2D eigenvalue weighted by molar-refractivity contribution is -0.139. The highest BCUT2D eigenvalue weighted by molar-refractivity contribution is 7.89. The third kappa shape index (κ3) is 12.1. The van der Waals surface area contributed by atoms with E-state index in [0.717, 1.165) is 38.5 Å². The highest BCUT2D eigenvalue weighted by Crippen LogP contribution is 2.35. The number of nitrogens with zero attached hydrogens (tertiary/aromatic N) is 2. The molecule has 2 fully saturated rings. The van der Waals surface area contributed by atoms with Crippen molar-refractivity contribution in [2.45, 2.75) is 117 Å². The number of aliphatic hydroxyl groups is 1. The molecule has 2 saturated carbocycles. The van der Waals surface area contributed by atoms with Gasteiger partial charge in [0.1, 0.15) is 0 Å². The second-order valence-electron chi connectivity index (χ2n) is 13.0. The van der Waals surface area contributed by atoms with Crippen LogP contribution in [0.2, 0.25) is 0 Å². The maximum absolute atomic E-state index is 13.8. The second-order valence-corrected chi connectivity index (χ2v) is 14.8. The smallest absolute Gasteiger partial charge is 0.225 e. The van der Waals surface area contributed by atoms with E-state index in [4.69, 9.17) is 6.42 Å². The van der Waals surface area contributed by atoms with Crippen molar-refractivity contribution in [1.82, 2.24) is 20.1 Å². The minimum Gasteiger partial charge on any atom is -0.390 e. The van der Waals surface area contributed by atoms with Crippen molar-refractivity contribution in [3.8, 4) is 12.3 Å². The van der Waals surface area contributed by atoms with Crippen LogP contribution in [-0.4, -0.2) is 79.3 Å². The normalized spacial score (nSPS) is 23.4. The minimum atomic E-state index is -3.55. The molecular formula is C32H58N4O5S. The fourth-order valence-electron chi connectivity index (χ4n) is 6.65. The predicted molar refractivity (Wildman–Crippen MR) is 168 cm³/mol. The Balaban J connectivity index is 2.19. The summed E-state index contributed by atoms with van der Waals surface area (Å²) in [6.07, 6.45) is 14.4. The second kappa shape index (κ2) is 18.2. The molecule has 0 aliphatic heterocycles.